The van der Waals surface area contributed by atoms with Crippen LogP contribution in [0.25, 0.3) is 11.3 Å². The molecule has 1 saturated heterocycles. The van der Waals surface area contributed by atoms with Crippen LogP contribution in [-0.2, 0) is 12.7 Å². The zero-order valence-electron chi connectivity index (χ0n) is 14.6. The maximum atomic E-state index is 12.7. The van der Waals surface area contributed by atoms with E-state index in [9.17, 15) is 13.2 Å². The molecule has 0 amide bonds. The maximum Gasteiger partial charge on any atom is 0.416 e. The standard InChI is InChI=1S/C18H23F3N4.ClH/c1-22-9-13-3-2-8-25(11-13)12-15-10-23-24-17(15)14-4-6-16(7-5-14)18(19,20)21;/h4-7,10,13,22H,2-3,8-9,11-12H2,1H3,(H,23,24);1H. The van der Waals surface area contributed by atoms with E-state index in [4.69, 9.17) is 0 Å². The van der Waals surface area contributed by atoms with Gasteiger partial charge in [-0.3, -0.25) is 10.00 Å². The first kappa shape index (κ1) is 20.7. The number of alkyl halides is 3. The van der Waals surface area contributed by atoms with Crippen molar-refractivity contribution in [3.63, 3.8) is 0 Å². The number of nitrogens with one attached hydrogen (secondary N) is 2. The van der Waals surface area contributed by atoms with Crippen molar-refractivity contribution in [3.05, 3.63) is 41.6 Å². The highest BCUT2D eigenvalue weighted by Crippen LogP contribution is 2.31. The number of nitrogens with zero attached hydrogens (tertiary/aromatic N) is 2. The van der Waals surface area contributed by atoms with E-state index in [2.05, 4.69) is 20.4 Å². The topological polar surface area (TPSA) is 44.0 Å². The van der Waals surface area contributed by atoms with Gasteiger partial charge in [0.1, 0.15) is 0 Å². The predicted molar refractivity (Wildman–Crippen MR) is 98.2 cm³/mol. The molecule has 2 aromatic rings. The van der Waals surface area contributed by atoms with E-state index >= 15 is 0 Å². The van der Waals surface area contributed by atoms with Crippen molar-refractivity contribution in [1.29, 1.82) is 0 Å². The number of H-pyrrole nitrogens is 1. The highest BCUT2D eigenvalue weighted by Gasteiger charge is 2.30. The van der Waals surface area contributed by atoms with Gasteiger partial charge >= 0.3 is 6.18 Å². The second-order valence-corrected chi connectivity index (χ2v) is 6.65. The zero-order chi connectivity index (χ0) is 17.9. The van der Waals surface area contributed by atoms with E-state index < -0.39 is 11.7 Å². The lowest BCUT2D eigenvalue weighted by atomic mass is 9.97. The summed E-state index contributed by atoms with van der Waals surface area (Å²) in [5, 5.41) is 10.3. The van der Waals surface area contributed by atoms with E-state index in [1.807, 2.05) is 7.05 Å². The van der Waals surface area contributed by atoms with Gasteiger partial charge in [0.15, 0.2) is 0 Å². The van der Waals surface area contributed by atoms with Crippen molar-refractivity contribution in [1.82, 2.24) is 20.4 Å². The Labute approximate surface area is 157 Å². The Balaban J connectivity index is 0.00000243. The molecular weight excluding hydrogens is 365 g/mol. The van der Waals surface area contributed by atoms with Gasteiger partial charge in [0.2, 0.25) is 0 Å². The largest absolute Gasteiger partial charge is 0.416 e. The third-order valence-corrected chi connectivity index (χ3v) is 4.71. The van der Waals surface area contributed by atoms with E-state index in [-0.39, 0.29) is 12.4 Å². The van der Waals surface area contributed by atoms with Crippen molar-refractivity contribution < 1.29 is 13.2 Å². The summed E-state index contributed by atoms with van der Waals surface area (Å²) < 4.78 is 38.2. The molecule has 1 fully saturated rings. The molecular formula is C18H24ClF3N4. The highest BCUT2D eigenvalue weighted by atomic mass is 35.5. The molecule has 0 radical (unpaired) electrons. The maximum absolute atomic E-state index is 12.7. The van der Waals surface area contributed by atoms with Crippen LogP contribution >= 0.6 is 12.4 Å². The summed E-state index contributed by atoms with van der Waals surface area (Å²) >= 11 is 0. The molecule has 2 heterocycles. The molecule has 0 aliphatic carbocycles. The van der Waals surface area contributed by atoms with Gasteiger partial charge in [-0.15, -0.1) is 12.4 Å². The molecule has 1 atom stereocenters. The zero-order valence-corrected chi connectivity index (χ0v) is 15.5. The fourth-order valence-electron chi connectivity index (χ4n) is 3.50. The summed E-state index contributed by atoms with van der Waals surface area (Å²) in [6.45, 7) is 3.83. The van der Waals surface area contributed by atoms with Crippen molar-refractivity contribution in [3.8, 4) is 11.3 Å². The summed E-state index contributed by atoms with van der Waals surface area (Å²) in [4.78, 5) is 2.39. The number of likely N-dealkylation sites (tertiary alicyclic amines) is 1. The molecule has 1 unspecified atom stereocenters. The number of benzene rings is 1. The first-order chi connectivity index (χ1) is 12.0. The summed E-state index contributed by atoms with van der Waals surface area (Å²) in [5.41, 5.74) is 1.90. The molecule has 1 aromatic heterocycles. The van der Waals surface area contributed by atoms with Crippen LogP contribution in [0.1, 0.15) is 24.0 Å². The van der Waals surface area contributed by atoms with Gasteiger partial charge in [-0.05, 0) is 56.6 Å². The Morgan fingerprint density at radius 1 is 1.27 bits per heavy atom. The second-order valence-electron chi connectivity index (χ2n) is 6.65. The summed E-state index contributed by atoms with van der Waals surface area (Å²) in [6.07, 6.45) is -0.144. The number of halogens is 4. The van der Waals surface area contributed by atoms with E-state index in [0.717, 1.165) is 55.1 Å². The minimum absolute atomic E-state index is 0. The first-order valence-electron chi connectivity index (χ1n) is 8.54. The fraction of sp³-hybridized carbons (Fsp3) is 0.500. The van der Waals surface area contributed by atoms with Gasteiger partial charge < -0.3 is 5.32 Å². The third kappa shape index (κ3) is 4.99. The van der Waals surface area contributed by atoms with Crippen LogP contribution in [0, 0.1) is 5.92 Å². The molecule has 1 aromatic carbocycles. The fourth-order valence-corrected chi connectivity index (χ4v) is 3.50. The van der Waals surface area contributed by atoms with Gasteiger partial charge in [0.25, 0.3) is 0 Å². The number of aromatic nitrogens is 2. The minimum atomic E-state index is -4.31. The number of hydrogen-bond donors (Lipinski definition) is 2. The average molecular weight is 389 g/mol. The van der Waals surface area contributed by atoms with Crippen molar-refractivity contribution in [2.24, 2.45) is 5.92 Å². The minimum Gasteiger partial charge on any atom is -0.319 e. The van der Waals surface area contributed by atoms with Gasteiger partial charge in [0, 0.05) is 18.7 Å². The molecule has 144 valence electrons. The second kappa shape index (κ2) is 8.88. The summed E-state index contributed by atoms with van der Waals surface area (Å²) in [7, 11) is 1.97. The SMILES string of the molecule is CNCC1CCCN(Cc2cn[nH]c2-c2ccc(C(F)(F)F)cc2)C1.Cl. The smallest absolute Gasteiger partial charge is 0.319 e. The van der Waals surface area contributed by atoms with Crippen LogP contribution in [-0.4, -0.2) is 41.8 Å². The van der Waals surface area contributed by atoms with Crippen LogP contribution in [0.15, 0.2) is 30.5 Å². The van der Waals surface area contributed by atoms with Crippen molar-refractivity contribution in [2.75, 3.05) is 26.7 Å². The molecule has 1 aliphatic rings. The lowest BCUT2D eigenvalue weighted by Crippen LogP contribution is -2.38. The van der Waals surface area contributed by atoms with Gasteiger partial charge in [-0.2, -0.15) is 18.3 Å². The Hall–Kier alpha value is -1.57. The van der Waals surface area contributed by atoms with E-state index in [0.29, 0.717) is 5.92 Å². The molecule has 0 spiro atoms. The summed E-state index contributed by atoms with van der Waals surface area (Å²) in [6, 6.07) is 5.23. The lowest BCUT2D eigenvalue weighted by molar-refractivity contribution is -0.137. The van der Waals surface area contributed by atoms with Crippen LogP contribution in [0.5, 0.6) is 0 Å². The molecule has 8 heteroatoms. The Morgan fingerprint density at radius 3 is 2.65 bits per heavy atom. The van der Waals surface area contributed by atoms with E-state index in [1.165, 1.54) is 25.0 Å². The monoisotopic (exact) mass is 388 g/mol. The first-order valence-corrected chi connectivity index (χ1v) is 8.54. The van der Waals surface area contributed by atoms with Crippen LogP contribution in [0.3, 0.4) is 0 Å². The van der Waals surface area contributed by atoms with Crippen molar-refractivity contribution >= 4 is 12.4 Å². The Kier molecular flexibility index (Phi) is 7.08. The predicted octanol–water partition coefficient (Wildman–Crippen LogP) is 3.95. The average Bonchev–Trinajstić information content (AvgIpc) is 3.03. The van der Waals surface area contributed by atoms with Crippen molar-refractivity contribution in [2.45, 2.75) is 25.6 Å². The molecule has 3 rings (SSSR count). The number of rotatable bonds is 5. The Morgan fingerprint density at radius 2 is 2.00 bits per heavy atom. The van der Waals surface area contributed by atoms with Crippen LogP contribution in [0.4, 0.5) is 13.2 Å². The Bertz CT molecular complexity index is 682. The van der Waals surface area contributed by atoms with Gasteiger partial charge in [0.05, 0.1) is 17.5 Å². The van der Waals surface area contributed by atoms with Gasteiger partial charge in [-0.25, -0.2) is 0 Å². The number of hydrogen-bond acceptors (Lipinski definition) is 3. The highest BCUT2D eigenvalue weighted by molar-refractivity contribution is 5.85. The van der Waals surface area contributed by atoms with E-state index in [1.54, 1.807) is 6.20 Å². The molecule has 0 saturated carbocycles. The summed E-state index contributed by atoms with van der Waals surface area (Å²) in [5.74, 6) is 0.639. The third-order valence-electron chi connectivity index (χ3n) is 4.71. The normalized spacial score (nSPS) is 18.5. The van der Waals surface area contributed by atoms with Gasteiger partial charge in [-0.1, -0.05) is 12.1 Å². The molecule has 4 nitrogen and oxygen atoms in total. The number of piperidine rings is 1. The molecule has 26 heavy (non-hydrogen) atoms. The molecule has 1 aliphatic heterocycles. The lowest BCUT2D eigenvalue weighted by Gasteiger charge is -2.32. The molecule has 0 bridgehead atoms. The van der Waals surface area contributed by atoms with Crippen LogP contribution < -0.4 is 5.32 Å². The van der Waals surface area contributed by atoms with Crippen LogP contribution in [0.2, 0.25) is 0 Å². The molecule has 2 N–H and O–H groups in total. The number of aromatic amines is 1. The quantitative estimate of drug-likeness (QED) is 0.815.